The largest absolute Gasteiger partial charge is 0.479 e. The zero-order valence-corrected chi connectivity index (χ0v) is 6.95. The van der Waals surface area contributed by atoms with E-state index in [0.29, 0.717) is 6.61 Å². The lowest BCUT2D eigenvalue weighted by molar-refractivity contribution is -0.149. The van der Waals surface area contributed by atoms with E-state index in [9.17, 15) is 4.79 Å². The predicted octanol–water partition coefficient (Wildman–Crippen LogP) is 0.126. The fourth-order valence-corrected chi connectivity index (χ4v) is 0.486. The van der Waals surface area contributed by atoms with Crippen LogP contribution in [0.2, 0.25) is 0 Å². The number of hydrogen-bond donors (Lipinski definition) is 1. The smallest absolute Gasteiger partial charge is 0.332 e. The molecule has 0 saturated heterocycles. The first-order valence-electron chi connectivity index (χ1n) is 3.54. The van der Waals surface area contributed by atoms with Gasteiger partial charge in [0.2, 0.25) is 0 Å². The summed E-state index contributed by atoms with van der Waals surface area (Å²) in [5, 5.41) is 8.39. The van der Waals surface area contributed by atoms with Gasteiger partial charge in [0.25, 0.3) is 0 Å². The lowest BCUT2D eigenvalue weighted by atomic mass is 10.4. The molecule has 68 valence electrons. The minimum atomic E-state index is -0.980. The molecule has 0 bridgehead atoms. The summed E-state index contributed by atoms with van der Waals surface area (Å²) >= 11 is 0. The molecule has 4 nitrogen and oxygen atoms in total. The van der Waals surface area contributed by atoms with Gasteiger partial charge < -0.3 is 14.6 Å². The van der Waals surface area contributed by atoms with Crippen LogP contribution in [-0.2, 0) is 14.3 Å². The molecule has 0 spiro atoms. The minimum absolute atomic E-state index is 0.227. The normalized spacial score (nSPS) is 12.0. The third-order valence-electron chi connectivity index (χ3n) is 1.13. The van der Waals surface area contributed by atoms with Crippen molar-refractivity contribution in [2.24, 2.45) is 0 Å². The monoisotopic (exact) mass is 172 g/mol. The van der Waals surface area contributed by atoms with Crippen LogP contribution in [0, 0.1) is 12.3 Å². The Balaban J connectivity index is 3.21. The topological polar surface area (TPSA) is 55.8 Å². The maximum Gasteiger partial charge on any atom is 0.332 e. The molecule has 1 N–H and O–H groups in total. The van der Waals surface area contributed by atoms with Gasteiger partial charge in [0, 0.05) is 0 Å². The Morgan fingerprint density at radius 3 is 2.83 bits per heavy atom. The third-order valence-corrected chi connectivity index (χ3v) is 1.13. The summed E-state index contributed by atoms with van der Waals surface area (Å²) in [7, 11) is 0. The van der Waals surface area contributed by atoms with Crippen LogP contribution < -0.4 is 0 Å². The first-order valence-corrected chi connectivity index (χ1v) is 3.54. The summed E-state index contributed by atoms with van der Waals surface area (Å²) in [5.41, 5.74) is 0. The van der Waals surface area contributed by atoms with E-state index in [1.54, 1.807) is 0 Å². The number of ether oxygens (including phenoxy) is 2. The summed E-state index contributed by atoms with van der Waals surface area (Å²) < 4.78 is 9.72. The Kier molecular flexibility index (Phi) is 6.07. The fourth-order valence-electron chi connectivity index (χ4n) is 0.486. The summed E-state index contributed by atoms with van der Waals surface area (Å²) in [4.78, 5) is 10.2. The molecule has 1 atom stereocenters. The van der Waals surface area contributed by atoms with Crippen molar-refractivity contribution in [3.8, 4) is 12.3 Å². The molecule has 0 amide bonds. The van der Waals surface area contributed by atoms with Gasteiger partial charge in [-0.05, 0) is 6.92 Å². The molecule has 0 saturated carbocycles. The number of carbonyl (C=O) groups is 1. The highest BCUT2D eigenvalue weighted by Crippen LogP contribution is 1.89. The molecule has 0 fully saturated rings. The summed E-state index contributed by atoms with van der Waals surface area (Å²) in [6.07, 6.45) is 4.12. The zero-order chi connectivity index (χ0) is 9.40. The fraction of sp³-hybridized carbons (Fsp3) is 0.625. The summed E-state index contributed by atoms with van der Waals surface area (Å²) in [6.45, 7) is 2.26. The van der Waals surface area contributed by atoms with Gasteiger partial charge in [-0.1, -0.05) is 5.92 Å². The highest BCUT2D eigenvalue weighted by Gasteiger charge is 2.09. The van der Waals surface area contributed by atoms with E-state index in [4.69, 9.17) is 21.0 Å². The van der Waals surface area contributed by atoms with Gasteiger partial charge in [-0.15, -0.1) is 6.42 Å². The lowest BCUT2D eigenvalue weighted by Gasteiger charge is -2.07. The maximum absolute atomic E-state index is 10.2. The van der Waals surface area contributed by atoms with Crippen molar-refractivity contribution in [1.29, 1.82) is 0 Å². The minimum Gasteiger partial charge on any atom is -0.479 e. The quantitative estimate of drug-likeness (QED) is 0.457. The Labute approximate surface area is 71.5 Å². The Bertz CT molecular complexity index is 170. The number of aliphatic carboxylic acids is 1. The molecular formula is C8H12O4. The molecule has 0 aromatic rings. The second-order valence-corrected chi connectivity index (χ2v) is 2.11. The molecule has 0 radical (unpaired) electrons. The van der Waals surface area contributed by atoms with E-state index in [1.165, 1.54) is 6.92 Å². The average molecular weight is 172 g/mol. The molecule has 0 aliphatic carbocycles. The molecule has 12 heavy (non-hydrogen) atoms. The van der Waals surface area contributed by atoms with Gasteiger partial charge in [0.1, 0.15) is 6.61 Å². The number of carboxylic acids is 1. The third kappa shape index (κ3) is 5.71. The van der Waals surface area contributed by atoms with Crippen LogP contribution in [0.5, 0.6) is 0 Å². The van der Waals surface area contributed by atoms with E-state index in [-0.39, 0.29) is 13.2 Å². The van der Waals surface area contributed by atoms with Crippen LogP contribution >= 0.6 is 0 Å². The van der Waals surface area contributed by atoms with Crippen LogP contribution in [0.1, 0.15) is 6.92 Å². The lowest BCUT2D eigenvalue weighted by Crippen LogP contribution is -2.21. The van der Waals surface area contributed by atoms with Gasteiger partial charge in [0.15, 0.2) is 6.10 Å². The van der Waals surface area contributed by atoms with Crippen LogP contribution in [-0.4, -0.2) is 37.0 Å². The Hall–Kier alpha value is -1.05. The van der Waals surface area contributed by atoms with Crippen molar-refractivity contribution in [2.75, 3.05) is 19.8 Å². The van der Waals surface area contributed by atoms with Gasteiger partial charge >= 0.3 is 5.97 Å². The molecule has 1 unspecified atom stereocenters. The first kappa shape index (κ1) is 11.0. The van der Waals surface area contributed by atoms with Gasteiger partial charge in [-0.2, -0.15) is 0 Å². The Morgan fingerprint density at radius 1 is 1.67 bits per heavy atom. The Morgan fingerprint density at radius 2 is 2.33 bits per heavy atom. The van der Waals surface area contributed by atoms with Crippen molar-refractivity contribution < 1.29 is 19.4 Å². The van der Waals surface area contributed by atoms with E-state index in [1.807, 2.05) is 0 Å². The van der Waals surface area contributed by atoms with Gasteiger partial charge in [-0.3, -0.25) is 0 Å². The number of terminal acetylenes is 1. The maximum atomic E-state index is 10.2. The average Bonchev–Trinajstić information content (AvgIpc) is 2.03. The second-order valence-electron chi connectivity index (χ2n) is 2.11. The zero-order valence-electron chi connectivity index (χ0n) is 6.95. The van der Waals surface area contributed by atoms with E-state index in [2.05, 4.69) is 5.92 Å². The van der Waals surface area contributed by atoms with E-state index in [0.717, 1.165) is 0 Å². The number of carboxylic acid groups (broad SMARTS) is 1. The van der Waals surface area contributed by atoms with Gasteiger partial charge in [0.05, 0.1) is 13.2 Å². The van der Waals surface area contributed by atoms with Crippen molar-refractivity contribution in [2.45, 2.75) is 13.0 Å². The highest BCUT2D eigenvalue weighted by molar-refractivity contribution is 5.71. The molecule has 0 rings (SSSR count). The summed E-state index contributed by atoms with van der Waals surface area (Å²) in [5.74, 6) is 1.30. The van der Waals surface area contributed by atoms with E-state index >= 15 is 0 Å². The highest BCUT2D eigenvalue weighted by atomic mass is 16.5. The molecule has 0 aliphatic heterocycles. The molecule has 0 aliphatic rings. The predicted molar refractivity (Wildman–Crippen MR) is 42.7 cm³/mol. The standard InChI is InChI=1S/C8H12O4/c1-3-4-11-5-6-12-7(2)8(9)10/h1,7H,4-6H2,2H3,(H,9,10). The van der Waals surface area contributed by atoms with Crippen molar-refractivity contribution in [3.05, 3.63) is 0 Å². The van der Waals surface area contributed by atoms with Crippen LogP contribution in [0.3, 0.4) is 0 Å². The number of hydrogen-bond acceptors (Lipinski definition) is 3. The van der Waals surface area contributed by atoms with Crippen LogP contribution in [0.15, 0.2) is 0 Å². The van der Waals surface area contributed by atoms with Crippen molar-refractivity contribution in [3.63, 3.8) is 0 Å². The van der Waals surface area contributed by atoms with Crippen LogP contribution in [0.25, 0.3) is 0 Å². The van der Waals surface area contributed by atoms with Gasteiger partial charge in [-0.25, -0.2) is 4.79 Å². The molecule has 0 aromatic carbocycles. The van der Waals surface area contributed by atoms with Crippen molar-refractivity contribution in [1.82, 2.24) is 0 Å². The molecule has 0 aromatic heterocycles. The molecule has 4 heteroatoms. The van der Waals surface area contributed by atoms with E-state index < -0.39 is 12.1 Å². The number of rotatable bonds is 6. The second kappa shape index (κ2) is 6.65. The summed E-state index contributed by atoms with van der Waals surface area (Å²) in [6, 6.07) is 0. The molecule has 0 heterocycles. The van der Waals surface area contributed by atoms with Crippen LogP contribution in [0.4, 0.5) is 0 Å². The first-order chi connectivity index (χ1) is 5.68. The SMILES string of the molecule is C#CCOCCOC(C)C(=O)O. The molecular weight excluding hydrogens is 160 g/mol. The van der Waals surface area contributed by atoms with Crippen molar-refractivity contribution >= 4 is 5.97 Å².